The predicted molar refractivity (Wildman–Crippen MR) is 201 cm³/mol. The minimum Gasteiger partial charge on any atom is -0.480 e. The Labute approximate surface area is 314 Å². The highest BCUT2D eigenvalue weighted by Crippen LogP contribution is 2.45. The zero-order valence-corrected chi connectivity index (χ0v) is 30.7. The maximum absolute atomic E-state index is 12.0. The average Bonchev–Trinajstić information content (AvgIpc) is 3.64. The molecule has 0 atom stereocenters. The van der Waals surface area contributed by atoms with Crippen LogP contribution in [0.2, 0.25) is 0 Å². The normalized spacial score (nSPS) is 12.6. The largest absolute Gasteiger partial charge is 0.480 e. The Hall–Kier alpha value is -5.72. The number of rotatable bonds is 14. The van der Waals surface area contributed by atoms with Gasteiger partial charge >= 0.3 is 24.1 Å². The van der Waals surface area contributed by atoms with Crippen molar-refractivity contribution in [3.8, 4) is 22.3 Å². The molecule has 3 N–H and O–H groups in total. The van der Waals surface area contributed by atoms with E-state index in [9.17, 15) is 19.2 Å². The number of hydrogen-bond acceptors (Lipinski definition) is 9. The Balaban J connectivity index is 0.000000210. The lowest BCUT2D eigenvalue weighted by Crippen LogP contribution is -2.31. The fourth-order valence-corrected chi connectivity index (χ4v) is 6.44. The van der Waals surface area contributed by atoms with E-state index in [1.54, 1.807) is 20.8 Å². The fourth-order valence-electron chi connectivity index (χ4n) is 6.44. The number of carbonyl (C=O) groups is 4. The molecule has 12 nitrogen and oxygen atoms in total. The third-order valence-electron chi connectivity index (χ3n) is 8.58. The lowest BCUT2D eigenvalue weighted by molar-refractivity contribution is -0.160. The lowest BCUT2D eigenvalue weighted by Gasteiger charge is -2.19. The van der Waals surface area contributed by atoms with Crippen LogP contribution in [0.25, 0.3) is 22.3 Å². The standard InChI is InChI=1S/C23H27NO5.C19H19NO5/c1-23(2,3)29-21(25)15-27-13-12-24-22(26)28-14-20-18-10-6-4-8-16(18)17-9-5-7-11-19(17)20;21-18(22)12-24-10-9-20-19(23)25-11-17-15-7-3-1-5-13(15)14-6-2-4-8-16(14)17/h4-11,20H,12-15H2,1-3H3,(H,24,26);1-8,17H,9-12H2,(H,20,23)(H,21,22). The van der Waals surface area contributed by atoms with Gasteiger partial charge < -0.3 is 39.4 Å². The molecule has 54 heavy (non-hydrogen) atoms. The van der Waals surface area contributed by atoms with E-state index in [1.165, 1.54) is 33.4 Å². The van der Waals surface area contributed by atoms with Crippen LogP contribution in [-0.4, -0.2) is 87.6 Å². The summed E-state index contributed by atoms with van der Waals surface area (Å²) >= 11 is 0. The maximum Gasteiger partial charge on any atom is 0.407 e. The summed E-state index contributed by atoms with van der Waals surface area (Å²) in [7, 11) is 0. The van der Waals surface area contributed by atoms with Crippen molar-refractivity contribution >= 4 is 24.1 Å². The van der Waals surface area contributed by atoms with Crippen LogP contribution in [0.3, 0.4) is 0 Å². The molecule has 4 aromatic rings. The van der Waals surface area contributed by atoms with Crippen LogP contribution < -0.4 is 10.6 Å². The van der Waals surface area contributed by atoms with Gasteiger partial charge in [-0.1, -0.05) is 97.1 Å². The van der Waals surface area contributed by atoms with Crippen LogP contribution >= 0.6 is 0 Å². The SMILES string of the molecule is CC(C)(C)OC(=O)COCCNC(=O)OCC1c2ccccc2-c2ccccc21.O=C(O)COCCNC(=O)OCC1c2ccccc2-c2ccccc21. The summed E-state index contributed by atoms with van der Waals surface area (Å²) < 4.78 is 26.0. The minimum atomic E-state index is -1.04. The summed E-state index contributed by atoms with van der Waals surface area (Å²) in [6.45, 7) is 6.13. The third-order valence-corrected chi connectivity index (χ3v) is 8.58. The molecule has 0 fully saturated rings. The van der Waals surface area contributed by atoms with E-state index < -0.39 is 29.7 Å². The summed E-state index contributed by atoms with van der Waals surface area (Å²) in [6.07, 6.45) is -1.05. The number of carbonyl (C=O) groups excluding carboxylic acids is 3. The summed E-state index contributed by atoms with van der Waals surface area (Å²) in [5.41, 5.74) is 8.83. The molecule has 0 heterocycles. The fraction of sp³-hybridized carbons (Fsp3) is 0.333. The highest BCUT2D eigenvalue weighted by molar-refractivity contribution is 5.80. The van der Waals surface area contributed by atoms with E-state index in [0.29, 0.717) is 0 Å². The molecule has 0 spiro atoms. The van der Waals surface area contributed by atoms with Crippen molar-refractivity contribution in [1.82, 2.24) is 10.6 Å². The van der Waals surface area contributed by atoms with Crippen LogP contribution in [0.15, 0.2) is 97.1 Å². The molecular weight excluding hydrogens is 692 g/mol. The Bertz CT molecular complexity index is 1830. The zero-order valence-electron chi connectivity index (χ0n) is 30.7. The number of carboxylic acids is 1. The van der Waals surface area contributed by atoms with Crippen molar-refractivity contribution in [1.29, 1.82) is 0 Å². The number of amides is 2. The van der Waals surface area contributed by atoms with E-state index in [1.807, 2.05) is 48.5 Å². The first-order valence-corrected chi connectivity index (χ1v) is 17.8. The molecule has 0 unspecified atom stereocenters. The van der Waals surface area contributed by atoms with E-state index in [2.05, 4.69) is 59.2 Å². The quantitative estimate of drug-likeness (QED) is 0.0740. The van der Waals surface area contributed by atoms with Crippen molar-refractivity contribution in [3.05, 3.63) is 119 Å². The van der Waals surface area contributed by atoms with Gasteiger partial charge in [0.2, 0.25) is 0 Å². The van der Waals surface area contributed by atoms with Crippen LogP contribution in [0, 0.1) is 0 Å². The second kappa shape index (κ2) is 18.9. The Morgan fingerprint density at radius 3 is 1.28 bits per heavy atom. The monoisotopic (exact) mass is 738 g/mol. The van der Waals surface area contributed by atoms with Crippen molar-refractivity contribution < 1.29 is 48.0 Å². The van der Waals surface area contributed by atoms with Crippen LogP contribution in [0.5, 0.6) is 0 Å². The summed E-state index contributed by atoms with van der Waals surface area (Å²) in [5.74, 6) is -1.43. The number of ether oxygens (including phenoxy) is 5. The Morgan fingerprint density at radius 2 is 0.926 bits per heavy atom. The number of aliphatic carboxylic acids is 1. The van der Waals surface area contributed by atoms with Crippen LogP contribution in [-0.2, 0) is 33.3 Å². The minimum absolute atomic E-state index is 0.0152. The van der Waals surface area contributed by atoms with Crippen molar-refractivity contribution in [2.45, 2.75) is 38.2 Å². The smallest absolute Gasteiger partial charge is 0.407 e. The molecule has 4 aromatic carbocycles. The first kappa shape index (κ1) is 39.5. The molecule has 2 aliphatic carbocycles. The van der Waals surface area contributed by atoms with E-state index >= 15 is 0 Å². The molecule has 2 amide bonds. The number of nitrogens with one attached hydrogen (secondary N) is 2. The molecule has 284 valence electrons. The molecule has 6 rings (SSSR count). The third kappa shape index (κ3) is 10.9. The van der Waals surface area contributed by atoms with Gasteiger partial charge in [0.1, 0.15) is 32.0 Å². The van der Waals surface area contributed by atoms with Crippen molar-refractivity contribution in [3.63, 3.8) is 0 Å². The van der Waals surface area contributed by atoms with Gasteiger partial charge in [-0.3, -0.25) is 0 Å². The molecule has 0 aliphatic heterocycles. The predicted octanol–water partition coefficient (Wildman–Crippen LogP) is 6.51. The average molecular weight is 739 g/mol. The number of benzene rings is 4. The zero-order chi connectivity index (χ0) is 38.5. The highest BCUT2D eigenvalue weighted by Gasteiger charge is 2.30. The highest BCUT2D eigenvalue weighted by atomic mass is 16.6. The molecule has 0 saturated carbocycles. The second-order valence-electron chi connectivity index (χ2n) is 13.6. The maximum atomic E-state index is 12.0. The van der Waals surface area contributed by atoms with Gasteiger partial charge in [-0.05, 0) is 65.3 Å². The molecule has 0 bridgehead atoms. The molecular formula is C42H46N2O10. The molecule has 0 saturated heterocycles. The van der Waals surface area contributed by atoms with Crippen molar-refractivity contribution in [2.24, 2.45) is 0 Å². The molecule has 0 aromatic heterocycles. The molecule has 2 aliphatic rings. The number of alkyl carbamates (subject to hydrolysis) is 2. The van der Waals surface area contributed by atoms with Gasteiger partial charge in [0, 0.05) is 24.9 Å². The van der Waals surface area contributed by atoms with Crippen molar-refractivity contribution in [2.75, 3.05) is 52.7 Å². The van der Waals surface area contributed by atoms with Gasteiger partial charge in [-0.25, -0.2) is 19.2 Å². The topological polar surface area (TPSA) is 159 Å². The molecule has 0 radical (unpaired) electrons. The number of carboxylic acid groups (broad SMARTS) is 1. The van der Waals surface area contributed by atoms with Gasteiger partial charge in [0.15, 0.2) is 0 Å². The van der Waals surface area contributed by atoms with Gasteiger partial charge in [0.25, 0.3) is 0 Å². The number of hydrogen-bond donors (Lipinski definition) is 3. The number of fused-ring (bicyclic) bond motifs is 6. The molecule has 12 heteroatoms. The first-order valence-electron chi connectivity index (χ1n) is 17.8. The summed E-state index contributed by atoms with van der Waals surface area (Å²) in [6, 6.07) is 32.6. The Morgan fingerprint density at radius 1 is 0.574 bits per heavy atom. The number of esters is 1. The van der Waals surface area contributed by atoms with E-state index in [0.717, 1.165) is 11.1 Å². The van der Waals surface area contributed by atoms with E-state index in [4.69, 9.17) is 28.8 Å². The summed E-state index contributed by atoms with van der Waals surface area (Å²) in [5, 5.41) is 13.6. The van der Waals surface area contributed by atoms with Crippen LogP contribution in [0.1, 0.15) is 54.9 Å². The first-order chi connectivity index (χ1) is 26.0. The van der Waals surface area contributed by atoms with Gasteiger partial charge in [0.05, 0.1) is 13.2 Å². The lowest BCUT2D eigenvalue weighted by atomic mass is 9.98. The van der Waals surface area contributed by atoms with Gasteiger partial charge in [-0.15, -0.1) is 0 Å². The summed E-state index contributed by atoms with van der Waals surface area (Å²) in [4.78, 5) is 45.7. The Kier molecular flexibility index (Phi) is 13.8. The van der Waals surface area contributed by atoms with Crippen LogP contribution in [0.4, 0.5) is 9.59 Å². The second-order valence-corrected chi connectivity index (χ2v) is 13.6. The van der Waals surface area contributed by atoms with Gasteiger partial charge in [-0.2, -0.15) is 0 Å². The van der Waals surface area contributed by atoms with E-state index in [-0.39, 0.29) is 64.6 Å².